The van der Waals surface area contributed by atoms with E-state index in [2.05, 4.69) is 36.3 Å². The lowest BCUT2D eigenvalue weighted by Crippen LogP contribution is -2.20. The number of aryl methyl sites for hydroxylation is 1. The largest absolute Gasteiger partial charge is 0.399 e. The SMILES string of the molecule is CCC(C)(C)Cn1nnnc1-c1ccc(N)cc1C. The van der Waals surface area contributed by atoms with Crippen LogP contribution in [0.25, 0.3) is 11.4 Å². The molecule has 0 bridgehead atoms. The van der Waals surface area contributed by atoms with Crippen LogP contribution in [0.4, 0.5) is 5.69 Å². The quantitative estimate of drug-likeness (QED) is 0.857. The van der Waals surface area contributed by atoms with E-state index in [4.69, 9.17) is 5.73 Å². The first kappa shape index (κ1) is 13.5. The van der Waals surface area contributed by atoms with Gasteiger partial charge >= 0.3 is 0 Å². The molecule has 1 aromatic heterocycles. The molecule has 5 heteroatoms. The number of nitrogens with zero attached hydrogens (tertiary/aromatic N) is 4. The predicted molar refractivity (Wildman–Crippen MR) is 76.5 cm³/mol. The Hall–Kier alpha value is -1.91. The van der Waals surface area contributed by atoms with Gasteiger partial charge in [0.05, 0.1) is 6.54 Å². The summed E-state index contributed by atoms with van der Waals surface area (Å²) >= 11 is 0. The van der Waals surface area contributed by atoms with Gasteiger partial charge in [0.25, 0.3) is 0 Å². The molecule has 102 valence electrons. The summed E-state index contributed by atoms with van der Waals surface area (Å²) in [5.41, 5.74) is 8.84. The molecule has 1 heterocycles. The molecule has 0 spiro atoms. The lowest BCUT2D eigenvalue weighted by Gasteiger charge is -2.22. The molecule has 2 rings (SSSR count). The molecule has 19 heavy (non-hydrogen) atoms. The molecule has 0 saturated heterocycles. The van der Waals surface area contributed by atoms with E-state index < -0.39 is 0 Å². The van der Waals surface area contributed by atoms with Crippen LogP contribution in [0.3, 0.4) is 0 Å². The van der Waals surface area contributed by atoms with Gasteiger partial charge in [-0.15, -0.1) is 5.10 Å². The highest BCUT2D eigenvalue weighted by atomic mass is 15.5. The van der Waals surface area contributed by atoms with Gasteiger partial charge in [-0.3, -0.25) is 0 Å². The summed E-state index contributed by atoms with van der Waals surface area (Å²) in [6, 6.07) is 5.80. The van der Waals surface area contributed by atoms with Gasteiger partial charge in [-0.05, 0) is 52.9 Å². The lowest BCUT2D eigenvalue weighted by atomic mass is 9.90. The standard InChI is InChI=1S/C14H21N5/c1-5-14(3,4)9-19-13(16-17-18-19)12-7-6-11(15)8-10(12)2/h6-8H,5,9,15H2,1-4H3. The van der Waals surface area contributed by atoms with Gasteiger partial charge in [-0.25, -0.2) is 4.68 Å². The number of benzene rings is 1. The molecule has 1 aromatic carbocycles. The smallest absolute Gasteiger partial charge is 0.182 e. The van der Waals surface area contributed by atoms with Crippen molar-refractivity contribution in [1.29, 1.82) is 0 Å². The van der Waals surface area contributed by atoms with Crippen LogP contribution in [0, 0.1) is 12.3 Å². The fourth-order valence-corrected chi connectivity index (χ4v) is 1.96. The number of nitrogen functional groups attached to an aromatic ring is 1. The Kier molecular flexibility index (Phi) is 3.55. The third-order valence-corrected chi connectivity index (χ3v) is 3.56. The monoisotopic (exact) mass is 259 g/mol. The summed E-state index contributed by atoms with van der Waals surface area (Å²) < 4.78 is 1.88. The van der Waals surface area contributed by atoms with Crippen LogP contribution in [-0.2, 0) is 6.54 Å². The Morgan fingerprint density at radius 1 is 1.32 bits per heavy atom. The average Bonchev–Trinajstić information content (AvgIpc) is 2.76. The minimum absolute atomic E-state index is 0.172. The van der Waals surface area contributed by atoms with E-state index in [0.29, 0.717) is 0 Å². The zero-order valence-electron chi connectivity index (χ0n) is 12.0. The molecule has 0 fully saturated rings. The molecule has 0 aliphatic rings. The van der Waals surface area contributed by atoms with E-state index in [1.54, 1.807) is 0 Å². The van der Waals surface area contributed by atoms with E-state index in [1.165, 1.54) is 0 Å². The number of anilines is 1. The van der Waals surface area contributed by atoms with Crippen molar-refractivity contribution < 1.29 is 0 Å². The van der Waals surface area contributed by atoms with Crippen molar-refractivity contribution >= 4 is 5.69 Å². The minimum atomic E-state index is 0.172. The van der Waals surface area contributed by atoms with E-state index in [9.17, 15) is 0 Å². The summed E-state index contributed by atoms with van der Waals surface area (Å²) in [5.74, 6) is 0.805. The number of tetrazole rings is 1. The first-order chi connectivity index (χ1) is 8.93. The Balaban J connectivity index is 2.39. The molecule has 0 atom stereocenters. The molecule has 0 unspecified atom stereocenters. The van der Waals surface area contributed by atoms with Crippen LogP contribution in [-0.4, -0.2) is 20.2 Å². The third-order valence-electron chi connectivity index (χ3n) is 3.56. The summed E-state index contributed by atoms with van der Waals surface area (Å²) in [6.07, 6.45) is 1.08. The summed E-state index contributed by atoms with van der Waals surface area (Å²) in [6.45, 7) is 9.44. The fraction of sp³-hybridized carbons (Fsp3) is 0.500. The van der Waals surface area contributed by atoms with E-state index in [1.807, 2.05) is 29.8 Å². The van der Waals surface area contributed by atoms with Crippen LogP contribution < -0.4 is 5.73 Å². The highest BCUT2D eigenvalue weighted by Gasteiger charge is 2.20. The van der Waals surface area contributed by atoms with Crippen LogP contribution in [0.15, 0.2) is 18.2 Å². The molecule has 2 aromatic rings. The Morgan fingerprint density at radius 2 is 2.05 bits per heavy atom. The van der Waals surface area contributed by atoms with Crippen LogP contribution in [0.1, 0.15) is 32.8 Å². The normalized spacial score (nSPS) is 11.8. The third kappa shape index (κ3) is 2.92. The second kappa shape index (κ2) is 4.99. The maximum absolute atomic E-state index is 5.78. The molecule has 0 saturated carbocycles. The highest BCUT2D eigenvalue weighted by molar-refractivity contribution is 5.63. The maximum atomic E-state index is 5.78. The Bertz CT molecular complexity index is 571. The zero-order valence-corrected chi connectivity index (χ0v) is 12.0. The van der Waals surface area contributed by atoms with Crippen molar-refractivity contribution in [1.82, 2.24) is 20.2 Å². The Labute approximate surface area is 113 Å². The minimum Gasteiger partial charge on any atom is -0.399 e. The molecule has 5 nitrogen and oxygen atoms in total. The van der Waals surface area contributed by atoms with Crippen molar-refractivity contribution in [3.8, 4) is 11.4 Å². The van der Waals surface area contributed by atoms with Crippen molar-refractivity contribution in [2.75, 3.05) is 5.73 Å². The van der Waals surface area contributed by atoms with Gasteiger partial charge in [0.15, 0.2) is 5.82 Å². The number of hydrogen-bond acceptors (Lipinski definition) is 4. The summed E-state index contributed by atoms with van der Waals surface area (Å²) in [7, 11) is 0. The number of rotatable bonds is 4. The predicted octanol–water partition coefficient (Wildman–Crippen LogP) is 2.67. The first-order valence-electron chi connectivity index (χ1n) is 6.55. The van der Waals surface area contributed by atoms with Gasteiger partial charge in [0.1, 0.15) is 0 Å². The summed E-state index contributed by atoms with van der Waals surface area (Å²) in [5, 5.41) is 12.1. The van der Waals surface area contributed by atoms with Crippen molar-refractivity contribution in [3.63, 3.8) is 0 Å². The Morgan fingerprint density at radius 3 is 2.68 bits per heavy atom. The van der Waals surface area contributed by atoms with Gasteiger partial charge in [0.2, 0.25) is 0 Å². The first-order valence-corrected chi connectivity index (χ1v) is 6.55. The second-order valence-corrected chi connectivity index (χ2v) is 5.75. The number of aromatic nitrogens is 4. The molecule has 0 aliphatic carbocycles. The average molecular weight is 259 g/mol. The second-order valence-electron chi connectivity index (χ2n) is 5.75. The number of nitrogens with two attached hydrogens (primary N) is 1. The summed E-state index contributed by atoms with van der Waals surface area (Å²) in [4.78, 5) is 0. The van der Waals surface area contributed by atoms with E-state index in [-0.39, 0.29) is 5.41 Å². The highest BCUT2D eigenvalue weighted by Crippen LogP contribution is 2.27. The number of hydrogen-bond donors (Lipinski definition) is 1. The molecule has 2 N–H and O–H groups in total. The van der Waals surface area contributed by atoms with Crippen molar-refractivity contribution in [2.24, 2.45) is 5.41 Å². The molecule has 0 radical (unpaired) electrons. The van der Waals surface area contributed by atoms with Crippen LogP contribution >= 0.6 is 0 Å². The van der Waals surface area contributed by atoms with Gasteiger partial charge in [0, 0.05) is 11.3 Å². The van der Waals surface area contributed by atoms with E-state index >= 15 is 0 Å². The molecular formula is C14H21N5. The molecule has 0 amide bonds. The molecule has 0 aliphatic heterocycles. The maximum Gasteiger partial charge on any atom is 0.182 e. The van der Waals surface area contributed by atoms with E-state index in [0.717, 1.165) is 35.6 Å². The van der Waals surface area contributed by atoms with Gasteiger partial charge in [-0.2, -0.15) is 0 Å². The fourth-order valence-electron chi connectivity index (χ4n) is 1.96. The topological polar surface area (TPSA) is 69.6 Å². The van der Waals surface area contributed by atoms with Crippen molar-refractivity contribution in [2.45, 2.75) is 40.7 Å². The van der Waals surface area contributed by atoms with Gasteiger partial charge in [-0.1, -0.05) is 20.8 Å². The zero-order chi connectivity index (χ0) is 14.0. The lowest BCUT2D eigenvalue weighted by molar-refractivity contribution is 0.279. The van der Waals surface area contributed by atoms with Crippen LogP contribution in [0.2, 0.25) is 0 Å². The van der Waals surface area contributed by atoms with Crippen molar-refractivity contribution in [3.05, 3.63) is 23.8 Å². The van der Waals surface area contributed by atoms with Gasteiger partial charge < -0.3 is 5.73 Å². The van der Waals surface area contributed by atoms with Crippen LogP contribution in [0.5, 0.6) is 0 Å². The molecular weight excluding hydrogens is 238 g/mol.